The van der Waals surface area contributed by atoms with Gasteiger partial charge in [-0.15, -0.1) is 0 Å². The first-order valence-electron chi connectivity index (χ1n) is 10.7. The zero-order valence-corrected chi connectivity index (χ0v) is 18.1. The maximum absolute atomic E-state index is 12.6. The number of para-hydroxylation sites is 1. The molecular formula is C26H22N4O3. The number of benzene rings is 3. The molecule has 1 aliphatic rings. The van der Waals surface area contributed by atoms with E-state index in [9.17, 15) is 9.59 Å². The molecule has 0 fully saturated rings. The number of carbonyl (C=O) groups is 2. The van der Waals surface area contributed by atoms with Gasteiger partial charge < -0.3 is 4.74 Å². The highest BCUT2D eigenvalue weighted by Crippen LogP contribution is 2.22. The Labute approximate surface area is 190 Å². The van der Waals surface area contributed by atoms with Crippen LogP contribution in [0, 0.1) is 6.92 Å². The van der Waals surface area contributed by atoms with Crippen LogP contribution >= 0.6 is 0 Å². The van der Waals surface area contributed by atoms with Crippen molar-refractivity contribution in [3.05, 3.63) is 95.8 Å². The summed E-state index contributed by atoms with van der Waals surface area (Å²) in [6.07, 6.45) is 0.670. The number of hydrazone groups is 1. The van der Waals surface area contributed by atoms with Crippen molar-refractivity contribution in [1.82, 2.24) is 14.6 Å². The van der Waals surface area contributed by atoms with E-state index in [4.69, 9.17) is 4.74 Å². The standard InChI is InChI=1S/C26H22N4O3/c1-18-27-23-16-20(12-13-24(23)30(18)21-10-6-3-7-11-21)26(32)33-17-25(31)29-15-14-22(28-29)19-8-4-2-5-9-19/h2-13,16H,14-15,17H2,1H3. The predicted octanol–water partition coefficient (Wildman–Crippen LogP) is 4.13. The van der Waals surface area contributed by atoms with Gasteiger partial charge in [0.05, 0.1) is 28.9 Å². The lowest BCUT2D eigenvalue weighted by Gasteiger charge is -2.11. The minimum Gasteiger partial charge on any atom is -0.452 e. The monoisotopic (exact) mass is 438 g/mol. The summed E-state index contributed by atoms with van der Waals surface area (Å²) in [5.41, 5.74) is 4.77. The molecule has 7 heteroatoms. The zero-order valence-electron chi connectivity index (χ0n) is 18.1. The number of amides is 1. The summed E-state index contributed by atoms with van der Waals surface area (Å²) >= 11 is 0. The van der Waals surface area contributed by atoms with Crippen LogP contribution in [0.1, 0.15) is 28.2 Å². The van der Waals surface area contributed by atoms with Crippen molar-refractivity contribution < 1.29 is 14.3 Å². The molecule has 3 aromatic carbocycles. The molecule has 1 amide bonds. The van der Waals surface area contributed by atoms with Crippen molar-refractivity contribution in [3.8, 4) is 5.69 Å². The number of hydrogen-bond donors (Lipinski definition) is 0. The van der Waals surface area contributed by atoms with Crippen LogP contribution in [-0.4, -0.2) is 45.3 Å². The number of carbonyl (C=O) groups excluding carboxylic acids is 2. The Bertz CT molecular complexity index is 1360. The molecule has 1 aromatic heterocycles. The average molecular weight is 438 g/mol. The van der Waals surface area contributed by atoms with Crippen LogP contribution < -0.4 is 0 Å². The quantitative estimate of drug-likeness (QED) is 0.439. The van der Waals surface area contributed by atoms with E-state index in [1.165, 1.54) is 5.01 Å². The molecule has 5 rings (SSSR count). The molecule has 0 bridgehead atoms. The molecule has 0 radical (unpaired) electrons. The van der Waals surface area contributed by atoms with Crippen LogP contribution in [0.3, 0.4) is 0 Å². The van der Waals surface area contributed by atoms with Crippen LogP contribution in [-0.2, 0) is 9.53 Å². The number of ether oxygens (including phenoxy) is 1. The molecule has 0 N–H and O–H groups in total. The minimum atomic E-state index is -0.566. The second-order valence-corrected chi connectivity index (χ2v) is 7.79. The van der Waals surface area contributed by atoms with Gasteiger partial charge in [0.15, 0.2) is 6.61 Å². The lowest BCUT2D eigenvalue weighted by atomic mass is 10.1. The van der Waals surface area contributed by atoms with Gasteiger partial charge in [-0.2, -0.15) is 5.10 Å². The third-order valence-corrected chi connectivity index (χ3v) is 5.60. The van der Waals surface area contributed by atoms with Gasteiger partial charge >= 0.3 is 5.97 Å². The van der Waals surface area contributed by atoms with Crippen molar-refractivity contribution in [1.29, 1.82) is 0 Å². The molecule has 0 saturated heterocycles. The molecule has 2 heterocycles. The highest BCUT2D eigenvalue weighted by atomic mass is 16.5. The predicted molar refractivity (Wildman–Crippen MR) is 125 cm³/mol. The van der Waals surface area contributed by atoms with Crippen molar-refractivity contribution in [2.75, 3.05) is 13.2 Å². The molecule has 0 saturated carbocycles. The molecule has 0 spiro atoms. The third kappa shape index (κ3) is 4.13. The van der Waals surface area contributed by atoms with E-state index < -0.39 is 5.97 Å². The van der Waals surface area contributed by atoms with E-state index in [-0.39, 0.29) is 12.5 Å². The Morgan fingerprint density at radius 3 is 2.45 bits per heavy atom. The maximum atomic E-state index is 12.6. The summed E-state index contributed by atoms with van der Waals surface area (Å²) < 4.78 is 7.31. The van der Waals surface area contributed by atoms with Gasteiger partial charge in [-0.05, 0) is 42.8 Å². The van der Waals surface area contributed by atoms with Gasteiger partial charge in [0.1, 0.15) is 5.82 Å². The van der Waals surface area contributed by atoms with Gasteiger partial charge in [-0.3, -0.25) is 9.36 Å². The SMILES string of the molecule is Cc1nc2cc(C(=O)OCC(=O)N3CCC(c4ccccc4)=N3)ccc2n1-c1ccccc1. The highest BCUT2D eigenvalue weighted by molar-refractivity contribution is 6.03. The number of fused-ring (bicyclic) bond motifs is 1. The molecular weight excluding hydrogens is 416 g/mol. The lowest BCUT2D eigenvalue weighted by molar-refractivity contribution is -0.134. The van der Waals surface area contributed by atoms with Gasteiger partial charge in [-0.1, -0.05) is 48.5 Å². The largest absolute Gasteiger partial charge is 0.452 e. The first kappa shape index (κ1) is 20.6. The number of rotatable bonds is 5. The normalized spacial score (nSPS) is 13.2. The van der Waals surface area contributed by atoms with Crippen molar-refractivity contribution in [3.63, 3.8) is 0 Å². The van der Waals surface area contributed by atoms with E-state index in [0.29, 0.717) is 24.0 Å². The second-order valence-electron chi connectivity index (χ2n) is 7.79. The zero-order chi connectivity index (χ0) is 22.8. The lowest BCUT2D eigenvalue weighted by Crippen LogP contribution is -2.28. The van der Waals surface area contributed by atoms with Gasteiger partial charge in [-0.25, -0.2) is 14.8 Å². The van der Waals surface area contributed by atoms with E-state index in [1.807, 2.05) is 78.2 Å². The van der Waals surface area contributed by atoms with E-state index in [1.54, 1.807) is 12.1 Å². The fraction of sp³-hybridized carbons (Fsp3) is 0.154. The molecule has 164 valence electrons. The van der Waals surface area contributed by atoms with Crippen LogP contribution in [0.15, 0.2) is 84.0 Å². The summed E-state index contributed by atoms with van der Waals surface area (Å²) in [5, 5.41) is 5.75. The highest BCUT2D eigenvalue weighted by Gasteiger charge is 2.23. The number of aryl methyl sites for hydroxylation is 1. The van der Waals surface area contributed by atoms with Gasteiger partial charge in [0.25, 0.3) is 5.91 Å². The fourth-order valence-corrected chi connectivity index (χ4v) is 3.99. The Hall–Kier alpha value is -4.26. The number of imidazole rings is 1. The second kappa shape index (κ2) is 8.70. The van der Waals surface area contributed by atoms with Gasteiger partial charge in [0, 0.05) is 12.1 Å². The number of nitrogens with zero attached hydrogens (tertiary/aromatic N) is 4. The molecule has 0 atom stereocenters. The molecule has 4 aromatic rings. The Kier molecular flexibility index (Phi) is 5.44. The summed E-state index contributed by atoms with van der Waals surface area (Å²) in [4.78, 5) is 29.7. The fourth-order valence-electron chi connectivity index (χ4n) is 3.99. The van der Waals surface area contributed by atoms with Crippen LogP contribution in [0.5, 0.6) is 0 Å². The van der Waals surface area contributed by atoms with Crippen LogP contribution in [0.4, 0.5) is 0 Å². The third-order valence-electron chi connectivity index (χ3n) is 5.60. The summed E-state index contributed by atoms with van der Waals surface area (Å²) in [6.45, 7) is 2.03. The number of esters is 1. The Morgan fingerprint density at radius 1 is 0.970 bits per heavy atom. The van der Waals surface area contributed by atoms with Crippen LogP contribution in [0.25, 0.3) is 16.7 Å². The van der Waals surface area contributed by atoms with Crippen molar-refractivity contribution >= 4 is 28.6 Å². The molecule has 33 heavy (non-hydrogen) atoms. The van der Waals surface area contributed by atoms with E-state index in [0.717, 1.165) is 28.3 Å². The Balaban J connectivity index is 1.27. The summed E-state index contributed by atoms with van der Waals surface area (Å²) in [7, 11) is 0. The topological polar surface area (TPSA) is 76.8 Å². The van der Waals surface area contributed by atoms with Gasteiger partial charge in [0.2, 0.25) is 0 Å². The molecule has 0 aliphatic carbocycles. The van der Waals surface area contributed by atoms with Crippen molar-refractivity contribution in [2.45, 2.75) is 13.3 Å². The van der Waals surface area contributed by atoms with Crippen LogP contribution in [0.2, 0.25) is 0 Å². The summed E-state index contributed by atoms with van der Waals surface area (Å²) in [6, 6.07) is 24.9. The minimum absolute atomic E-state index is 0.348. The first-order valence-corrected chi connectivity index (χ1v) is 10.7. The Morgan fingerprint density at radius 2 is 1.70 bits per heavy atom. The van der Waals surface area contributed by atoms with E-state index >= 15 is 0 Å². The number of hydrogen-bond acceptors (Lipinski definition) is 5. The molecule has 7 nitrogen and oxygen atoms in total. The summed E-state index contributed by atoms with van der Waals surface area (Å²) in [5.74, 6) is -0.0961. The van der Waals surface area contributed by atoms with Crippen molar-refractivity contribution in [2.24, 2.45) is 5.10 Å². The molecule has 0 unspecified atom stereocenters. The smallest absolute Gasteiger partial charge is 0.338 e. The number of aromatic nitrogens is 2. The van der Waals surface area contributed by atoms with E-state index in [2.05, 4.69) is 10.1 Å². The maximum Gasteiger partial charge on any atom is 0.338 e. The molecule has 1 aliphatic heterocycles. The average Bonchev–Trinajstić information content (AvgIpc) is 3.47. The first-order chi connectivity index (χ1) is 16.1.